The fraction of sp³-hybridized carbons (Fsp3) is 0.300. The van der Waals surface area contributed by atoms with Gasteiger partial charge in [0.05, 0.1) is 5.69 Å². The van der Waals surface area contributed by atoms with Crippen LogP contribution in [0.5, 0.6) is 0 Å². The molecule has 1 aliphatic carbocycles. The highest BCUT2D eigenvalue weighted by atomic mass is 16.1. The van der Waals surface area contributed by atoms with Crippen molar-refractivity contribution in [2.45, 2.75) is 18.8 Å². The van der Waals surface area contributed by atoms with Crippen LogP contribution < -0.4 is 5.56 Å². The molecular formula is C10H10N4O. The van der Waals surface area contributed by atoms with Crippen molar-refractivity contribution in [2.24, 2.45) is 0 Å². The van der Waals surface area contributed by atoms with Crippen LogP contribution in [0.3, 0.4) is 0 Å². The number of pyridine rings is 1. The Hall–Kier alpha value is -1.91. The van der Waals surface area contributed by atoms with Crippen LogP contribution in [0.4, 0.5) is 0 Å². The molecule has 0 amide bonds. The summed E-state index contributed by atoms with van der Waals surface area (Å²) >= 11 is 0. The summed E-state index contributed by atoms with van der Waals surface area (Å²) in [6.45, 7) is 0. The van der Waals surface area contributed by atoms with Gasteiger partial charge in [-0.2, -0.15) is 5.10 Å². The molecule has 0 aliphatic heterocycles. The lowest BCUT2D eigenvalue weighted by molar-refractivity contribution is 0.935. The number of nitrogens with one attached hydrogen (secondary N) is 2. The smallest absolute Gasteiger partial charge is 0.248 e. The molecule has 2 aromatic rings. The summed E-state index contributed by atoms with van der Waals surface area (Å²) < 4.78 is 0. The number of aromatic amines is 2. The average molecular weight is 202 g/mol. The van der Waals surface area contributed by atoms with Gasteiger partial charge in [-0.3, -0.25) is 9.89 Å². The van der Waals surface area contributed by atoms with E-state index >= 15 is 0 Å². The lowest BCUT2D eigenvalue weighted by Gasteiger charge is -1.92. The van der Waals surface area contributed by atoms with Crippen molar-refractivity contribution in [3.05, 3.63) is 34.4 Å². The zero-order valence-corrected chi connectivity index (χ0v) is 8.03. The first-order chi connectivity index (χ1) is 7.33. The molecule has 2 aromatic heterocycles. The summed E-state index contributed by atoms with van der Waals surface area (Å²) in [6, 6.07) is 4.96. The van der Waals surface area contributed by atoms with Crippen molar-refractivity contribution in [2.75, 3.05) is 0 Å². The van der Waals surface area contributed by atoms with Crippen LogP contribution in [0, 0.1) is 0 Å². The Balaban J connectivity index is 2.00. The van der Waals surface area contributed by atoms with E-state index in [-0.39, 0.29) is 5.56 Å². The van der Waals surface area contributed by atoms with Crippen molar-refractivity contribution in [3.8, 4) is 11.5 Å². The van der Waals surface area contributed by atoms with Crippen molar-refractivity contribution < 1.29 is 0 Å². The van der Waals surface area contributed by atoms with Gasteiger partial charge in [-0.1, -0.05) is 6.07 Å². The molecule has 0 bridgehead atoms. The van der Waals surface area contributed by atoms with Gasteiger partial charge in [0.1, 0.15) is 5.82 Å². The van der Waals surface area contributed by atoms with E-state index < -0.39 is 0 Å². The van der Waals surface area contributed by atoms with Gasteiger partial charge in [0.2, 0.25) is 5.56 Å². The molecule has 0 aromatic carbocycles. The molecule has 1 aliphatic rings. The Bertz CT molecular complexity index is 538. The Morgan fingerprint density at radius 3 is 2.93 bits per heavy atom. The maximum atomic E-state index is 11.1. The Morgan fingerprint density at radius 2 is 2.20 bits per heavy atom. The summed E-state index contributed by atoms with van der Waals surface area (Å²) in [5.74, 6) is 2.03. The van der Waals surface area contributed by atoms with Crippen molar-refractivity contribution >= 4 is 0 Å². The van der Waals surface area contributed by atoms with E-state index in [0.717, 1.165) is 5.82 Å². The third kappa shape index (κ3) is 1.56. The van der Waals surface area contributed by atoms with E-state index in [1.807, 2.05) is 0 Å². The zero-order chi connectivity index (χ0) is 10.3. The Kier molecular flexibility index (Phi) is 1.71. The fourth-order valence-corrected chi connectivity index (χ4v) is 1.51. The first kappa shape index (κ1) is 8.40. The summed E-state index contributed by atoms with van der Waals surface area (Å²) in [4.78, 5) is 18.1. The minimum absolute atomic E-state index is 0.134. The van der Waals surface area contributed by atoms with E-state index in [0.29, 0.717) is 17.4 Å². The minimum atomic E-state index is -0.134. The largest absolute Gasteiger partial charge is 0.319 e. The van der Waals surface area contributed by atoms with Crippen LogP contribution in [0.25, 0.3) is 11.5 Å². The van der Waals surface area contributed by atoms with Crippen LogP contribution in [-0.2, 0) is 0 Å². The predicted molar refractivity (Wildman–Crippen MR) is 54.4 cm³/mol. The molecule has 0 unspecified atom stereocenters. The van der Waals surface area contributed by atoms with Gasteiger partial charge in [-0.25, -0.2) is 4.98 Å². The van der Waals surface area contributed by atoms with E-state index in [1.54, 1.807) is 12.1 Å². The molecule has 0 radical (unpaired) electrons. The summed E-state index contributed by atoms with van der Waals surface area (Å²) in [6.07, 6.45) is 2.36. The normalized spacial score (nSPS) is 15.5. The minimum Gasteiger partial charge on any atom is -0.319 e. The molecule has 76 valence electrons. The van der Waals surface area contributed by atoms with Crippen LogP contribution in [0.1, 0.15) is 24.6 Å². The highest BCUT2D eigenvalue weighted by Gasteiger charge is 2.27. The van der Waals surface area contributed by atoms with E-state index in [2.05, 4.69) is 20.2 Å². The quantitative estimate of drug-likeness (QED) is 0.764. The molecule has 0 spiro atoms. The molecule has 3 rings (SSSR count). The summed E-state index contributed by atoms with van der Waals surface area (Å²) in [7, 11) is 0. The predicted octanol–water partition coefficient (Wildman–Crippen LogP) is 1.04. The summed E-state index contributed by atoms with van der Waals surface area (Å²) in [5, 5.41) is 6.99. The molecule has 0 atom stereocenters. The molecule has 1 fully saturated rings. The standard InChI is InChI=1S/C10H10N4O/c15-8-3-1-2-7(11-8)10-12-9(13-14-10)6-4-5-6/h1-3,6H,4-5H2,(H,11,15)(H,12,13,14). The summed E-state index contributed by atoms with van der Waals surface area (Å²) in [5.41, 5.74) is 0.524. The Morgan fingerprint density at radius 1 is 1.33 bits per heavy atom. The third-order valence-corrected chi connectivity index (χ3v) is 2.48. The van der Waals surface area contributed by atoms with E-state index in [9.17, 15) is 4.79 Å². The monoisotopic (exact) mass is 202 g/mol. The highest BCUT2D eigenvalue weighted by Crippen LogP contribution is 2.38. The van der Waals surface area contributed by atoms with E-state index in [1.165, 1.54) is 18.9 Å². The van der Waals surface area contributed by atoms with Gasteiger partial charge in [-0.15, -0.1) is 0 Å². The number of aromatic nitrogens is 4. The van der Waals surface area contributed by atoms with Gasteiger partial charge in [-0.05, 0) is 18.9 Å². The maximum absolute atomic E-state index is 11.1. The molecule has 2 heterocycles. The van der Waals surface area contributed by atoms with Crippen molar-refractivity contribution in [1.29, 1.82) is 0 Å². The van der Waals surface area contributed by atoms with Crippen molar-refractivity contribution in [1.82, 2.24) is 20.2 Å². The second-order valence-electron chi connectivity index (χ2n) is 3.75. The number of hydrogen-bond acceptors (Lipinski definition) is 3. The van der Waals surface area contributed by atoms with Gasteiger partial charge in [0.25, 0.3) is 0 Å². The average Bonchev–Trinajstić information content (AvgIpc) is 2.97. The SMILES string of the molecule is O=c1cccc(-c2n[nH]c(C3CC3)n2)[nH]1. The third-order valence-electron chi connectivity index (χ3n) is 2.48. The zero-order valence-electron chi connectivity index (χ0n) is 8.03. The lowest BCUT2D eigenvalue weighted by atomic mass is 10.3. The van der Waals surface area contributed by atoms with Crippen LogP contribution in [-0.4, -0.2) is 20.2 Å². The molecule has 0 saturated heterocycles. The second kappa shape index (κ2) is 3.05. The molecule has 5 nitrogen and oxygen atoms in total. The number of rotatable bonds is 2. The van der Waals surface area contributed by atoms with Crippen LogP contribution in [0.2, 0.25) is 0 Å². The second-order valence-corrected chi connectivity index (χ2v) is 3.75. The number of H-pyrrole nitrogens is 2. The lowest BCUT2D eigenvalue weighted by Crippen LogP contribution is -2.04. The topological polar surface area (TPSA) is 74.4 Å². The Labute approximate surface area is 85.6 Å². The molecular weight excluding hydrogens is 192 g/mol. The number of hydrogen-bond donors (Lipinski definition) is 2. The molecule has 1 saturated carbocycles. The van der Waals surface area contributed by atoms with E-state index in [4.69, 9.17) is 0 Å². The van der Waals surface area contributed by atoms with Gasteiger partial charge in [0, 0.05) is 12.0 Å². The molecule has 5 heteroatoms. The van der Waals surface area contributed by atoms with Crippen LogP contribution in [0.15, 0.2) is 23.0 Å². The maximum Gasteiger partial charge on any atom is 0.248 e. The van der Waals surface area contributed by atoms with Gasteiger partial charge in [0.15, 0.2) is 5.82 Å². The molecule has 15 heavy (non-hydrogen) atoms. The molecule has 2 N–H and O–H groups in total. The fourth-order valence-electron chi connectivity index (χ4n) is 1.51. The number of nitrogens with zero attached hydrogens (tertiary/aromatic N) is 2. The highest BCUT2D eigenvalue weighted by molar-refractivity contribution is 5.47. The van der Waals surface area contributed by atoms with Gasteiger partial charge < -0.3 is 4.98 Å². The van der Waals surface area contributed by atoms with Gasteiger partial charge >= 0.3 is 0 Å². The van der Waals surface area contributed by atoms with Crippen LogP contribution >= 0.6 is 0 Å². The first-order valence-electron chi connectivity index (χ1n) is 4.95. The first-order valence-corrected chi connectivity index (χ1v) is 4.95. The van der Waals surface area contributed by atoms with Crippen molar-refractivity contribution in [3.63, 3.8) is 0 Å².